The van der Waals surface area contributed by atoms with Gasteiger partial charge in [-0.1, -0.05) is 36.4 Å². The first-order valence-corrected chi connectivity index (χ1v) is 10.7. The van der Waals surface area contributed by atoms with Crippen LogP contribution in [0.2, 0.25) is 0 Å². The molecule has 0 heterocycles. The van der Waals surface area contributed by atoms with Gasteiger partial charge < -0.3 is 10.6 Å². The van der Waals surface area contributed by atoms with Crippen molar-refractivity contribution < 1.29 is 9.59 Å². The zero-order chi connectivity index (χ0) is 18.8. The first kappa shape index (κ1) is 20.4. The standard InChI is InChI=1S/C20H24N2O2S2/c1-15-7-3-5-9-17(15)21-19(23)13-25-11-12-26-14-20(24)22-18-10-6-4-8-16(18)2/h3-10H,11-14H2,1-2H3,(H,21,23)(H,22,24). The Morgan fingerprint density at radius 3 is 1.50 bits per heavy atom. The molecule has 2 N–H and O–H groups in total. The van der Waals surface area contributed by atoms with Crippen molar-refractivity contribution in [3.8, 4) is 0 Å². The highest BCUT2D eigenvalue weighted by molar-refractivity contribution is 8.03. The second kappa shape index (κ2) is 10.9. The smallest absolute Gasteiger partial charge is 0.234 e. The lowest BCUT2D eigenvalue weighted by molar-refractivity contribution is -0.114. The lowest BCUT2D eigenvalue weighted by Crippen LogP contribution is -2.16. The molecule has 0 bridgehead atoms. The molecule has 0 radical (unpaired) electrons. The zero-order valence-corrected chi connectivity index (χ0v) is 16.7. The van der Waals surface area contributed by atoms with E-state index in [-0.39, 0.29) is 11.8 Å². The number of benzene rings is 2. The molecule has 0 unspecified atom stereocenters. The fraction of sp³-hybridized carbons (Fsp3) is 0.300. The zero-order valence-electron chi connectivity index (χ0n) is 15.1. The number of amides is 2. The van der Waals surface area contributed by atoms with Gasteiger partial charge in [0.05, 0.1) is 11.5 Å². The number of rotatable bonds is 9. The second-order valence-electron chi connectivity index (χ2n) is 5.83. The molecule has 0 fully saturated rings. The Balaban J connectivity index is 1.56. The minimum atomic E-state index is 0.00611. The van der Waals surface area contributed by atoms with Crippen molar-refractivity contribution in [1.82, 2.24) is 0 Å². The molecular weight excluding hydrogens is 364 g/mol. The SMILES string of the molecule is Cc1ccccc1NC(=O)CSCCSCC(=O)Nc1ccccc1C. The van der Waals surface area contributed by atoms with Gasteiger partial charge in [-0.05, 0) is 37.1 Å². The van der Waals surface area contributed by atoms with Crippen molar-refractivity contribution in [1.29, 1.82) is 0 Å². The molecule has 0 saturated carbocycles. The van der Waals surface area contributed by atoms with Crippen LogP contribution in [0.15, 0.2) is 48.5 Å². The fourth-order valence-corrected chi connectivity index (χ4v) is 3.99. The quantitative estimate of drug-likeness (QED) is 0.627. The number of para-hydroxylation sites is 2. The number of hydrogen-bond donors (Lipinski definition) is 2. The number of carbonyl (C=O) groups excluding carboxylic acids is 2. The summed E-state index contributed by atoms with van der Waals surface area (Å²) in [5.41, 5.74) is 3.84. The lowest BCUT2D eigenvalue weighted by atomic mass is 10.2. The Morgan fingerprint density at radius 2 is 1.12 bits per heavy atom. The maximum Gasteiger partial charge on any atom is 0.234 e. The van der Waals surface area contributed by atoms with Gasteiger partial charge in [-0.2, -0.15) is 23.5 Å². The normalized spacial score (nSPS) is 10.4. The van der Waals surface area contributed by atoms with Crippen molar-refractivity contribution >= 4 is 46.7 Å². The van der Waals surface area contributed by atoms with E-state index in [1.807, 2.05) is 62.4 Å². The Bertz CT molecular complexity index is 687. The van der Waals surface area contributed by atoms with Gasteiger partial charge in [-0.15, -0.1) is 0 Å². The van der Waals surface area contributed by atoms with Gasteiger partial charge in [-0.25, -0.2) is 0 Å². The van der Waals surface area contributed by atoms with Crippen molar-refractivity contribution in [3.05, 3.63) is 59.7 Å². The third kappa shape index (κ3) is 7.14. The molecule has 0 aliphatic heterocycles. The van der Waals surface area contributed by atoms with Crippen LogP contribution in [0.5, 0.6) is 0 Å². The van der Waals surface area contributed by atoms with Crippen molar-refractivity contribution in [3.63, 3.8) is 0 Å². The minimum Gasteiger partial charge on any atom is -0.325 e. The summed E-state index contributed by atoms with van der Waals surface area (Å²) in [5.74, 6) is 2.53. The molecule has 26 heavy (non-hydrogen) atoms. The average Bonchev–Trinajstić information content (AvgIpc) is 2.62. The van der Waals surface area contributed by atoms with E-state index in [2.05, 4.69) is 10.6 Å². The van der Waals surface area contributed by atoms with Crippen molar-refractivity contribution in [2.45, 2.75) is 13.8 Å². The maximum atomic E-state index is 11.9. The Morgan fingerprint density at radius 1 is 0.731 bits per heavy atom. The Labute approximate surface area is 163 Å². The number of anilines is 2. The van der Waals surface area contributed by atoms with E-state index in [9.17, 15) is 9.59 Å². The topological polar surface area (TPSA) is 58.2 Å². The van der Waals surface area contributed by atoms with Crippen LogP contribution in [0.1, 0.15) is 11.1 Å². The van der Waals surface area contributed by atoms with E-state index < -0.39 is 0 Å². The summed E-state index contributed by atoms with van der Waals surface area (Å²) in [6, 6.07) is 15.5. The molecule has 6 heteroatoms. The summed E-state index contributed by atoms with van der Waals surface area (Å²) in [4.78, 5) is 23.9. The Hall–Kier alpha value is -1.92. The molecule has 2 aromatic carbocycles. The number of nitrogens with one attached hydrogen (secondary N) is 2. The van der Waals surface area contributed by atoms with Gasteiger partial charge in [0.2, 0.25) is 11.8 Å². The number of carbonyl (C=O) groups is 2. The molecule has 138 valence electrons. The molecular formula is C20H24N2O2S2. The summed E-state index contributed by atoms with van der Waals surface area (Å²) in [6.45, 7) is 3.95. The van der Waals surface area contributed by atoms with Crippen molar-refractivity contribution in [2.24, 2.45) is 0 Å². The van der Waals surface area contributed by atoms with Crippen LogP contribution in [-0.2, 0) is 9.59 Å². The van der Waals surface area contributed by atoms with Crippen LogP contribution >= 0.6 is 23.5 Å². The van der Waals surface area contributed by atoms with Gasteiger partial charge in [0, 0.05) is 22.9 Å². The fourth-order valence-electron chi connectivity index (χ4n) is 2.25. The first-order chi connectivity index (χ1) is 12.6. The molecule has 0 aliphatic carbocycles. The highest BCUT2D eigenvalue weighted by Gasteiger charge is 2.06. The van der Waals surface area contributed by atoms with E-state index in [0.29, 0.717) is 11.5 Å². The number of hydrogen-bond acceptors (Lipinski definition) is 4. The largest absolute Gasteiger partial charge is 0.325 e. The maximum absolute atomic E-state index is 11.9. The summed E-state index contributed by atoms with van der Waals surface area (Å²) < 4.78 is 0. The molecule has 2 amide bonds. The van der Waals surface area contributed by atoms with Gasteiger partial charge in [0.1, 0.15) is 0 Å². The van der Waals surface area contributed by atoms with E-state index in [1.54, 1.807) is 23.5 Å². The molecule has 2 rings (SSSR count). The monoisotopic (exact) mass is 388 g/mol. The van der Waals surface area contributed by atoms with Crippen LogP contribution in [-0.4, -0.2) is 34.8 Å². The predicted octanol–water partition coefficient (Wildman–Crippen LogP) is 4.35. The van der Waals surface area contributed by atoms with Gasteiger partial charge in [0.25, 0.3) is 0 Å². The molecule has 0 spiro atoms. The third-order valence-electron chi connectivity index (χ3n) is 3.68. The molecule has 4 nitrogen and oxygen atoms in total. The first-order valence-electron chi connectivity index (χ1n) is 8.42. The highest BCUT2D eigenvalue weighted by atomic mass is 32.2. The van der Waals surface area contributed by atoms with Crippen LogP contribution in [0.3, 0.4) is 0 Å². The lowest BCUT2D eigenvalue weighted by Gasteiger charge is -2.08. The van der Waals surface area contributed by atoms with E-state index in [0.717, 1.165) is 34.0 Å². The minimum absolute atomic E-state index is 0.00611. The van der Waals surface area contributed by atoms with Crippen LogP contribution < -0.4 is 10.6 Å². The summed E-state index contributed by atoms with van der Waals surface area (Å²) >= 11 is 3.16. The highest BCUT2D eigenvalue weighted by Crippen LogP contribution is 2.15. The number of thioether (sulfide) groups is 2. The van der Waals surface area contributed by atoms with Crippen LogP contribution in [0.25, 0.3) is 0 Å². The van der Waals surface area contributed by atoms with Crippen LogP contribution in [0, 0.1) is 13.8 Å². The molecule has 0 aliphatic rings. The Kier molecular flexibility index (Phi) is 8.58. The number of aryl methyl sites for hydroxylation is 2. The summed E-state index contributed by atoms with van der Waals surface area (Å²) in [5, 5.41) is 5.84. The molecule has 2 aromatic rings. The predicted molar refractivity (Wildman–Crippen MR) is 114 cm³/mol. The second-order valence-corrected chi connectivity index (χ2v) is 8.04. The summed E-state index contributed by atoms with van der Waals surface area (Å²) in [7, 11) is 0. The van der Waals surface area contributed by atoms with E-state index in [1.165, 1.54) is 0 Å². The van der Waals surface area contributed by atoms with Gasteiger partial charge >= 0.3 is 0 Å². The third-order valence-corrected chi connectivity index (χ3v) is 5.85. The van der Waals surface area contributed by atoms with Crippen molar-refractivity contribution in [2.75, 3.05) is 33.6 Å². The molecule has 0 aromatic heterocycles. The average molecular weight is 389 g/mol. The molecule has 0 saturated heterocycles. The molecule has 0 atom stereocenters. The van der Waals surface area contributed by atoms with Crippen LogP contribution in [0.4, 0.5) is 11.4 Å². The van der Waals surface area contributed by atoms with E-state index in [4.69, 9.17) is 0 Å². The summed E-state index contributed by atoms with van der Waals surface area (Å²) in [6.07, 6.45) is 0. The van der Waals surface area contributed by atoms with E-state index >= 15 is 0 Å². The van der Waals surface area contributed by atoms with Gasteiger partial charge in [-0.3, -0.25) is 9.59 Å². The van der Waals surface area contributed by atoms with Gasteiger partial charge in [0.15, 0.2) is 0 Å².